The van der Waals surface area contributed by atoms with E-state index >= 15 is 0 Å². The summed E-state index contributed by atoms with van der Waals surface area (Å²) in [6.07, 6.45) is 0.777. The van der Waals surface area contributed by atoms with Crippen LogP contribution in [0.3, 0.4) is 0 Å². The molecule has 122 valence electrons. The standard InChI is InChI=1S/C19H23NO3/c1-13(12-19(3,4)15-8-6-5-7-9-15)20-18(22)17-11-16(21)10-14(2)23-17/h5-11,13H,12H2,1-4H3,(H,20,22)/t13-/m1/s1. The van der Waals surface area contributed by atoms with Gasteiger partial charge in [-0.15, -0.1) is 0 Å². The number of nitrogens with one attached hydrogen (secondary N) is 1. The van der Waals surface area contributed by atoms with Crippen molar-refractivity contribution in [2.75, 3.05) is 0 Å². The SMILES string of the molecule is Cc1cc(=O)cc(C(=O)N[C@H](C)CC(C)(C)c2ccccc2)o1. The van der Waals surface area contributed by atoms with Gasteiger partial charge in [0.1, 0.15) is 5.76 Å². The van der Waals surface area contributed by atoms with Gasteiger partial charge in [0, 0.05) is 18.2 Å². The van der Waals surface area contributed by atoms with Gasteiger partial charge in [-0.3, -0.25) is 9.59 Å². The molecule has 2 rings (SSSR count). The van der Waals surface area contributed by atoms with E-state index in [1.54, 1.807) is 6.92 Å². The maximum absolute atomic E-state index is 12.2. The van der Waals surface area contributed by atoms with Gasteiger partial charge in [-0.2, -0.15) is 0 Å². The second kappa shape index (κ2) is 6.82. The van der Waals surface area contributed by atoms with E-state index in [2.05, 4.69) is 31.3 Å². The van der Waals surface area contributed by atoms with Crippen molar-refractivity contribution in [3.05, 3.63) is 69.8 Å². The van der Waals surface area contributed by atoms with Crippen LogP contribution in [0, 0.1) is 6.92 Å². The van der Waals surface area contributed by atoms with Crippen LogP contribution in [0.1, 0.15) is 49.1 Å². The Hall–Kier alpha value is -2.36. The van der Waals surface area contributed by atoms with Gasteiger partial charge in [0.05, 0.1) is 0 Å². The maximum Gasteiger partial charge on any atom is 0.287 e. The molecule has 1 aromatic carbocycles. The molecule has 0 saturated heterocycles. The number of carbonyl (C=O) groups is 1. The van der Waals surface area contributed by atoms with Crippen molar-refractivity contribution < 1.29 is 9.21 Å². The van der Waals surface area contributed by atoms with E-state index in [1.165, 1.54) is 17.7 Å². The van der Waals surface area contributed by atoms with Crippen LogP contribution in [0.25, 0.3) is 0 Å². The van der Waals surface area contributed by atoms with E-state index in [-0.39, 0.29) is 28.6 Å². The zero-order valence-corrected chi connectivity index (χ0v) is 14.1. The van der Waals surface area contributed by atoms with Crippen LogP contribution in [0.4, 0.5) is 0 Å². The minimum atomic E-state index is -0.359. The Labute approximate surface area is 136 Å². The molecule has 1 atom stereocenters. The molecular formula is C19H23NO3. The van der Waals surface area contributed by atoms with Crippen molar-refractivity contribution in [2.24, 2.45) is 0 Å². The number of hydrogen-bond acceptors (Lipinski definition) is 3. The Morgan fingerprint density at radius 3 is 2.48 bits per heavy atom. The summed E-state index contributed by atoms with van der Waals surface area (Å²) < 4.78 is 5.32. The molecule has 0 aliphatic rings. The molecule has 0 fully saturated rings. The molecule has 0 bridgehead atoms. The zero-order chi connectivity index (χ0) is 17.0. The Balaban J connectivity index is 2.05. The lowest BCUT2D eigenvalue weighted by atomic mass is 9.79. The number of amides is 1. The molecule has 4 nitrogen and oxygen atoms in total. The van der Waals surface area contributed by atoms with Crippen LogP contribution in [-0.4, -0.2) is 11.9 Å². The number of hydrogen-bond donors (Lipinski definition) is 1. The quantitative estimate of drug-likeness (QED) is 0.920. The Kier molecular flexibility index (Phi) is 5.04. The molecule has 0 radical (unpaired) electrons. The lowest BCUT2D eigenvalue weighted by molar-refractivity contribution is 0.0902. The monoisotopic (exact) mass is 313 g/mol. The summed E-state index contributed by atoms with van der Waals surface area (Å²) in [5.74, 6) is 0.126. The first-order valence-electron chi connectivity index (χ1n) is 7.76. The summed E-state index contributed by atoms with van der Waals surface area (Å²) in [5.41, 5.74) is 0.931. The third kappa shape index (κ3) is 4.55. The number of rotatable bonds is 5. The van der Waals surface area contributed by atoms with Crippen LogP contribution in [0.2, 0.25) is 0 Å². The van der Waals surface area contributed by atoms with Crippen molar-refractivity contribution in [1.82, 2.24) is 5.32 Å². The topological polar surface area (TPSA) is 59.3 Å². The summed E-state index contributed by atoms with van der Waals surface area (Å²) in [6, 6.07) is 12.7. The fourth-order valence-corrected chi connectivity index (χ4v) is 2.83. The molecule has 1 heterocycles. The molecule has 0 aliphatic carbocycles. The van der Waals surface area contributed by atoms with Gasteiger partial charge in [-0.1, -0.05) is 44.2 Å². The normalized spacial score (nSPS) is 12.7. The fourth-order valence-electron chi connectivity index (χ4n) is 2.83. The van der Waals surface area contributed by atoms with E-state index in [0.717, 1.165) is 6.42 Å². The minimum Gasteiger partial charge on any atom is -0.456 e. The number of carbonyl (C=O) groups excluding carboxylic acids is 1. The fraction of sp³-hybridized carbons (Fsp3) is 0.368. The molecule has 1 N–H and O–H groups in total. The van der Waals surface area contributed by atoms with E-state index in [9.17, 15) is 9.59 Å². The lowest BCUT2D eigenvalue weighted by Crippen LogP contribution is -2.37. The molecule has 0 saturated carbocycles. The van der Waals surface area contributed by atoms with E-state index < -0.39 is 0 Å². The van der Waals surface area contributed by atoms with E-state index in [4.69, 9.17) is 4.42 Å². The number of aryl methyl sites for hydroxylation is 1. The van der Waals surface area contributed by atoms with Crippen LogP contribution in [-0.2, 0) is 5.41 Å². The third-order valence-corrected chi connectivity index (χ3v) is 3.86. The summed E-state index contributed by atoms with van der Waals surface area (Å²) in [7, 11) is 0. The van der Waals surface area contributed by atoms with Crippen LogP contribution >= 0.6 is 0 Å². The van der Waals surface area contributed by atoms with Crippen LogP contribution in [0.5, 0.6) is 0 Å². The Morgan fingerprint density at radius 2 is 1.87 bits per heavy atom. The van der Waals surface area contributed by atoms with Crippen molar-refractivity contribution in [1.29, 1.82) is 0 Å². The van der Waals surface area contributed by atoms with Gasteiger partial charge in [-0.05, 0) is 31.2 Å². The van der Waals surface area contributed by atoms with Crippen molar-refractivity contribution in [3.8, 4) is 0 Å². The Morgan fingerprint density at radius 1 is 1.22 bits per heavy atom. The average molecular weight is 313 g/mol. The summed E-state index contributed by atoms with van der Waals surface area (Å²) in [6.45, 7) is 7.91. The Bertz CT molecular complexity index is 732. The molecular weight excluding hydrogens is 290 g/mol. The molecule has 1 amide bonds. The van der Waals surface area contributed by atoms with Crippen molar-refractivity contribution in [3.63, 3.8) is 0 Å². The maximum atomic E-state index is 12.2. The molecule has 0 aliphatic heterocycles. The molecule has 23 heavy (non-hydrogen) atoms. The van der Waals surface area contributed by atoms with Gasteiger partial charge < -0.3 is 9.73 Å². The first kappa shape index (κ1) is 17.0. The second-order valence-corrected chi connectivity index (χ2v) is 6.60. The van der Waals surface area contributed by atoms with Crippen LogP contribution < -0.4 is 10.7 Å². The van der Waals surface area contributed by atoms with Crippen molar-refractivity contribution >= 4 is 5.91 Å². The highest BCUT2D eigenvalue weighted by Gasteiger charge is 2.24. The molecule has 0 unspecified atom stereocenters. The van der Waals surface area contributed by atoms with Gasteiger partial charge in [0.2, 0.25) is 0 Å². The highest BCUT2D eigenvalue weighted by Crippen LogP contribution is 2.28. The third-order valence-electron chi connectivity index (χ3n) is 3.86. The molecule has 1 aromatic heterocycles. The van der Waals surface area contributed by atoms with Gasteiger partial charge >= 0.3 is 0 Å². The highest BCUT2D eigenvalue weighted by atomic mass is 16.3. The van der Waals surface area contributed by atoms with E-state index in [0.29, 0.717) is 5.76 Å². The molecule has 0 spiro atoms. The lowest BCUT2D eigenvalue weighted by Gasteiger charge is -2.29. The smallest absolute Gasteiger partial charge is 0.287 e. The van der Waals surface area contributed by atoms with Gasteiger partial charge in [-0.25, -0.2) is 0 Å². The first-order valence-corrected chi connectivity index (χ1v) is 7.76. The van der Waals surface area contributed by atoms with E-state index in [1.807, 2.05) is 25.1 Å². The second-order valence-electron chi connectivity index (χ2n) is 6.60. The summed E-state index contributed by atoms with van der Waals surface area (Å²) >= 11 is 0. The number of benzene rings is 1. The molecule has 2 aromatic rings. The first-order chi connectivity index (χ1) is 10.8. The predicted molar refractivity (Wildman–Crippen MR) is 90.7 cm³/mol. The zero-order valence-electron chi connectivity index (χ0n) is 14.1. The highest BCUT2D eigenvalue weighted by molar-refractivity contribution is 5.91. The van der Waals surface area contributed by atoms with Gasteiger partial charge in [0.15, 0.2) is 11.2 Å². The van der Waals surface area contributed by atoms with Crippen molar-refractivity contribution in [2.45, 2.75) is 45.6 Å². The minimum absolute atomic E-state index is 0.0523. The summed E-state index contributed by atoms with van der Waals surface area (Å²) in [5, 5.41) is 2.90. The molecule has 4 heteroatoms. The van der Waals surface area contributed by atoms with Gasteiger partial charge in [0.25, 0.3) is 5.91 Å². The average Bonchev–Trinajstić information content (AvgIpc) is 2.46. The van der Waals surface area contributed by atoms with Crippen LogP contribution in [0.15, 0.2) is 51.7 Å². The largest absolute Gasteiger partial charge is 0.456 e. The predicted octanol–water partition coefficient (Wildman–Crippen LogP) is 3.43. The summed E-state index contributed by atoms with van der Waals surface area (Å²) in [4.78, 5) is 23.7.